The van der Waals surface area contributed by atoms with Crippen molar-refractivity contribution in [3.63, 3.8) is 0 Å². The minimum atomic E-state index is 0.703. The molecule has 2 heteroatoms. The van der Waals surface area contributed by atoms with Crippen LogP contribution in [0.25, 0.3) is 0 Å². The van der Waals surface area contributed by atoms with Crippen LogP contribution in [-0.4, -0.2) is 6.61 Å². The summed E-state index contributed by atoms with van der Waals surface area (Å²) in [6.45, 7) is 2.95. The van der Waals surface area contributed by atoms with Gasteiger partial charge in [-0.1, -0.05) is 69.8 Å². The zero-order valence-corrected chi connectivity index (χ0v) is 13.5. The van der Waals surface area contributed by atoms with Gasteiger partial charge in [-0.3, -0.25) is 0 Å². The van der Waals surface area contributed by atoms with Gasteiger partial charge in [0, 0.05) is 0 Å². The average molecular weight is 281 g/mol. The third-order valence-corrected chi connectivity index (χ3v) is 3.46. The molecule has 0 aliphatic carbocycles. The summed E-state index contributed by atoms with van der Waals surface area (Å²) in [5, 5.41) is 0. The Morgan fingerprint density at radius 1 is 0.700 bits per heavy atom. The Morgan fingerprint density at radius 3 is 1.85 bits per heavy atom. The third kappa shape index (κ3) is 17.4. The number of nitrogens with two attached hydrogens (primary N) is 1. The number of allylic oxidation sites excluding steroid dienone is 4. The Labute approximate surface area is 126 Å². The molecule has 0 saturated carbocycles. The van der Waals surface area contributed by atoms with Crippen LogP contribution >= 0.6 is 0 Å². The summed E-state index contributed by atoms with van der Waals surface area (Å²) < 4.78 is 0. The molecular weight excluding hydrogens is 246 g/mol. The van der Waals surface area contributed by atoms with Crippen molar-refractivity contribution in [2.45, 2.75) is 84.0 Å². The summed E-state index contributed by atoms with van der Waals surface area (Å²) in [5.41, 5.74) is 0. The maximum atomic E-state index is 4.98. The largest absolute Gasteiger partial charge is 0.305 e. The van der Waals surface area contributed by atoms with Crippen LogP contribution in [0.1, 0.15) is 84.0 Å². The average Bonchev–Trinajstić information content (AvgIpc) is 2.47. The Kier molecular flexibility index (Phi) is 17.8. The van der Waals surface area contributed by atoms with Gasteiger partial charge in [-0.15, -0.1) is 0 Å². The molecule has 0 rings (SSSR count). The van der Waals surface area contributed by atoms with Crippen LogP contribution in [-0.2, 0) is 4.84 Å². The molecule has 0 radical (unpaired) electrons. The molecule has 0 aliphatic rings. The van der Waals surface area contributed by atoms with E-state index in [-0.39, 0.29) is 0 Å². The van der Waals surface area contributed by atoms with Gasteiger partial charge in [0.1, 0.15) is 0 Å². The smallest absolute Gasteiger partial charge is 0.0679 e. The molecular formula is C18H35NO. The Balaban J connectivity index is 3.12. The Morgan fingerprint density at radius 2 is 1.25 bits per heavy atom. The van der Waals surface area contributed by atoms with E-state index >= 15 is 0 Å². The van der Waals surface area contributed by atoms with Crippen LogP contribution in [0.15, 0.2) is 24.3 Å². The van der Waals surface area contributed by atoms with Gasteiger partial charge in [0.25, 0.3) is 0 Å². The van der Waals surface area contributed by atoms with E-state index in [1.165, 1.54) is 64.2 Å². The molecule has 0 atom stereocenters. The lowest BCUT2D eigenvalue weighted by molar-refractivity contribution is 0.133. The fourth-order valence-corrected chi connectivity index (χ4v) is 2.17. The lowest BCUT2D eigenvalue weighted by Crippen LogP contribution is -2.00. The zero-order chi connectivity index (χ0) is 14.7. The highest BCUT2D eigenvalue weighted by Crippen LogP contribution is 2.07. The van der Waals surface area contributed by atoms with E-state index in [9.17, 15) is 0 Å². The highest BCUT2D eigenvalue weighted by molar-refractivity contribution is 4.92. The molecule has 0 spiro atoms. The van der Waals surface area contributed by atoms with Gasteiger partial charge < -0.3 is 4.84 Å². The first-order valence-electron chi connectivity index (χ1n) is 8.53. The van der Waals surface area contributed by atoms with Crippen molar-refractivity contribution < 1.29 is 4.84 Å². The number of unbranched alkanes of at least 4 members (excludes halogenated alkanes) is 9. The molecule has 0 aliphatic heterocycles. The molecule has 0 heterocycles. The summed E-state index contributed by atoms with van der Waals surface area (Å²) >= 11 is 0. The molecule has 118 valence electrons. The fraction of sp³-hybridized carbons (Fsp3) is 0.778. The van der Waals surface area contributed by atoms with Crippen molar-refractivity contribution in [2.24, 2.45) is 5.90 Å². The minimum Gasteiger partial charge on any atom is -0.305 e. The van der Waals surface area contributed by atoms with Crippen molar-refractivity contribution in [3.8, 4) is 0 Å². The Bertz CT molecular complexity index is 223. The van der Waals surface area contributed by atoms with Gasteiger partial charge in [-0.25, -0.2) is 5.90 Å². The van der Waals surface area contributed by atoms with Crippen molar-refractivity contribution >= 4 is 0 Å². The summed E-state index contributed by atoms with van der Waals surface area (Å²) in [6, 6.07) is 0. The molecule has 0 bridgehead atoms. The summed E-state index contributed by atoms with van der Waals surface area (Å²) in [6.07, 6.45) is 24.5. The highest BCUT2D eigenvalue weighted by atomic mass is 16.6. The topological polar surface area (TPSA) is 35.2 Å². The standard InChI is InChI=1S/C18H35NO/c1-2-3-4-5-6-7-8-9-10-11-12-13-14-15-16-17-18-20-19/h6-7,9-10H,2-5,8,11-19H2,1H3. The second-order valence-electron chi connectivity index (χ2n) is 5.46. The van der Waals surface area contributed by atoms with Crippen LogP contribution < -0.4 is 5.90 Å². The minimum absolute atomic E-state index is 0.703. The monoisotopic (exact) mass is 281 g/mol. The molecule has 2 N–H and O–H groups in total. The second kappa shape index (κ2) is 18.4. The van der Waals surface area contributed by atoms with Gasteiger partial charge in [0.05, 0.1) is 6.61 Å². The molecule has 0 fully saturated rings. The lowest BCUT2D eigenvalue weighted by Gasteiger charge is -1.99. The van der Waals surface area contributed by atoms with Gasteiger partial charge in [-0.2, -0.15) is 0 Å². The predicted molar refractivity (Wildman–Crippen MR) is 89.5 cm³/mol. The first-order valence-corrected chi connectivity index (χ1v) is 8.53. The summed E-state index contributed by atoms with van der Waals surface area (Å²) in [5.74, 6) is 4.98. The lowest BCUT2D eigenvalue weighted by atomic mass is 10.1. The van der Waals surface area contributed by atoms with E-state index in [1.807, 2.05) is 0 Å². The van der Waals surface area contributed by atoms with E-state index in [2.05, 4.69) is 36.1 Å². The highest BCUT2D eigenvalue weighted by Gasteiger charge is 1.90. The van der Waals surface area contributed by atoms with Crippen LogP contribution in [0.3, 0.4) is 0 Å². The van der Waals surface area contributed by atoms with E-state index in [1.54, 1.807) is 0 Å². The third-order valence-electron chi connectivity index (χ3n) is 3.46. The Hall–Kier alpha value is -0.600. The van der Waals surface area contributed by atoms with Crippen molar-refractivity contribution in [1.82, 2.24) is 0 Å². The van der Waals surface area contributed by atoms with Gasteiger partial charge >= 0.3 is 0 Å². The van der Waals surface area contributed by atoms with Crippen molar-refractivity contribution in [1.29, 1.82) is 0 Å². The van der Waals surface area contributed by atoms with Crippen molar-refractivity contribution in [2.75, 3.05) is 6.61 Å². The molecule has 0 unspecified atom stereocenters. The predicted octanol–water partition coefficient (Wildman–Crippen LogP) is 5.69. The maximum absolute atomic E-state index is 4.98. The van der Waals surface area contributed by atoms with E-state index in [0.717, 1.165) is 12.8 Å². The molecule has 0 aromatic rings. The first-order chi connectivity index (χ1) is 9.91. The SMILES string of the molecule is CCCCCC=CCC=CCCCCCCCCON. The molecule has 20 heavy (non-hydrogen) atoms. The fourth-order valence-electron chi connectivity index (χ4n) is 2.17. The van der Waals surface area contributed by atoms with E-state index in [4.69, 9.17) is 5.90 Å². The van der Waals surface area contributed by atoms with Crippen molar-refractivity contribution in [3.05, 3.63) is 24.3 Å². The van der Waals surface area contributed by atoms with Gasteiger partial charge in [0.2, 0.25) is 0 Å². The summed E-state index contributed by atoms with van der Waals surface area (Å²) in [7, 11) is 0. The van der Waals surface area contributed by atoms with Crippen LogP contribution in [0.2, 0.25) is 0 Å². The van der Waals surface area contributed by atoms with Crippen LogP contribution in [0.4, 0.5) is 0 Å². The quantitative estimate of drug-likeness (QED) is 0.238. The van der Waals surface area contributed by atoms with E-state index in [0.29, 0.717) is 6.61 Å². The number of hydrogen-bond acceptors (Lipinski definition) is 2. The second-order valence-corrected chi connectivity index (χ2v) is 5.46. The van der Waals surface area contributed by atoms with Crippen LogP contribution in [0.5, 0.6) is 0 Å². The number of rotatable bonds is 15. The first kappa shape index (κ1) is 19.4. The molecule has 2 nitrogen and oxygen atoms in total. The van der Waals surface area contributed by atoms with Gasteiger partial charge in [0.15, 0.2) is 0 Å². The van der Waals surface area contributed by atoms with Crippen LogP contribution in [0, 0.1) is 0 Å². The molecule has 0 aromatic heterocycles. The number of hydrogen-bond donors (Lipinski definition) is 1. The van der Waals surface area contributed by atoms with E-state index < -0.39 is 0 Å². The molecule has 0 aromatic carbocycles. The molecule has 0 amide bonds. The van der Waals surface area contributed by atoms with Gasteiger partial charge in [-0.05, 0) is 38.5 Å². The zero-order valence-electron chi connectivity index (χ0n) is 13.5. The molecule has 0 saturated heterocycles. The normalized spacial score (nSPS) is 11.9. The maximum Gasteiger partial charge on any atom is 0.0679 e. The summed E-state index contributed by atoms with van der Waals surface area (Å²) in [4.78, 5) is 4.55.